The fourth-order valence-electron chi connectivity index (χ4n) is 3.20. The molecule has 0 radical (unpaired) electrons. The minimum Gasteiger partial charge on any atom is -0.327 e. The summed E-state index contributed by atoms with van der Waals surface area (Å²) in [5, 5.41) is 3.31. The van der Waals surface area contributed by atoms with E-state index in [1.54, 1.807) is 11.3 Å². The van der Waals surface area contributed by atoms with E-state index in [2.05, 4.69) is 31.1 Å². The van der Waals surface area contributed by atoms with Crippen LogP contribution in [0.25, 0.3) is 0 Å². The lowest BCUT2D eigenvalue weighted by Crippen LogP contribution is -2.43. The van der Waals surface area contributed by atoms with Crippen molar-refractivity contribution in [2.45, 2.75) is 58.9 Å². The number of nitrogens with zero attached hydrogens (tertiary/aromatic N) is 1. The van der Waals surface area contributed by atoms with Crippen molar-refractivity contribution in [1.29, 1.82) is 0 Å². The highest BCUT2D eigenvalue weighted by Crippen LogP contribution is 2.42. The number of nitrogens with two attached hydrogens (primary N) is 1. The molecule has 2 nitrogen and oxygen atoms in total. The summed E-state index contributed by atoms with van der Waals surface area (Å²) >= 11 is 1.73. The molecule has 2 atom stereocenters. The second kappa shape index (κ2) is 5.07. The van der Waals surface area contributed by atoms with E-state index in [4.69, 9.17) is 5.73 Å². The minimum atomic E-state index is 0.270. The Hall–Kier alpha value is -0.410. The van der Waals surface area contributed by atoms with Crippen molar-refractivity contribution in [3.05, 3.63) is 16.1 Å². The zero-order valence-corrected chi connectivity index (χ0v) is 12.0. The zero-order valence-electron chi connectivity index (χ0n) is 11.2. The maximum Gasteiger partial charge on any atom is 0.0897 e. The van der Waals surface area contributed by atoms with Crippen LogP contribution >= 0.6 is 11.3 Å². The van der Waals surface area contributed by atoms with Crippen LogP contribution in [0.1, 0.15) is 50.2 Å². The molecule has 1 saturated carbocycles. The van der Waals surface area contributed by atoms with Crippen LogP contribution in [0.2, 0.25) is 0 Å². The molecule has 0 spiro atoms. The zero-order chi connectivity index (χ0) is 12.5. The standard InChI is InChI=1S/C14H24N2S/c1-10-16-11(9-17-10)8-13(15)12-6-4-5-7-14(12,2)3/h9,12-13H,4-8,15H2,1-3H3. The van der Waals surface area contributed by atoms with Gasteiger partial charge in [0, 0.05) is 17.8 Å². The molecule has 1 fully saturated rings. The first-order chi connectivity index (χ1) is 7.99. The summed E-state index contributed by atoms with van der Waals surface area (Å²) in [6.45, 7) is 6.82. The smallest absolute Gasteiger partial charge is 0.0897 e. The summed E-state index contributed by atoms with van der Waals surface area (Å²) < 4.78 is 0. The van der Waals surface area contributed by atoms with Crippen LogP contribution < -0.4 is 5.73 Å². The molecule has 1 aromatic heterocycles. The van der Waals surface area contributed by atoms with E-state index in [-0.39, 0.29) is 6.04 Å². The van der Waals surface area contributed by atoms with Gasteiger partial charge in [0.2, 0.25) is 0 Å². The normalized spacial score (nSPS) is 25.8. The van der Waals surface area contributed by atoms with Crippen LogP contribution in [0.5, 0.6) is 0 Å². The third-order valence-corrected chi connectivity index (χ3v) is 5.04. The fraction of sp³-hybridized carbons (Fsp3) is 0.786. The Morgan fingerprint density at radius 2 is 2.29 bits per heavy atom. The van der Waals surface area contributed by atoms with E-state index in [1.807, 2.05) is 0 Å². The number of thiazole rings is 1. The Kier molecular flexibility index (Phi) is 3.88. The van der Waals surface area contributed by atoms with Crippen LogP contribution in [0.15, 0.2) is 5.38 Å². The molecule has 0 saturated heterocycles. The van der Waals surface area contributed by atoms with Gasteiger partial charge in [-0.3, -0.25) is 0 Å². The Morgan fingerprint density at radius 1 is 1.53 bits per heavy atom. The van der Waals surface area contributed by atoms with Gasteiger partial charge in [-0.1, -0.05) is 26.7 Å². The Balaban J connectivity index is 2.01. The number of rotatable bonds is 3. The van der Waals surface area contributed by atoms with Gasteiger partial charge < -0.3 is 5.73 Å². The summed E-state index contributed by atoms with van der Waals surface area (Å²) in [7, 11) is 0. The SMILES string of the molecule is Cc1nc(CC(N)C2CCCCC2(C)C)cs1. The van der Waals surface area contributed by atoms with Crippen LogP contribution in [-0.2, 0) is 6.42 Å². The fourth-order valence-corrected chi connectivity index (χ4v) is 3.83. The first-order valence-corrected chi connectivity index (χ1v) is 7.53. The molecule has 0 amide bonds. The average Bonchev–Trinajstić information content (AvgIpc) is 2.63. The Morgan fingerprint density at radius 3 is 2.88 bits per heavy atom. The highest BCUT2D eigenvalue weighted by Gasteiger charge is 2.36. The summed E-state index contributed by atoms with van der Waals surface area (Å²) in [5.74, 6) is 0.651. The van der Waals surface area contributed by atoms with Gasteiger partial charge in [0.1, 0.15) is 0 Å². The van der Waals surface area contributed by atoms with Gasteiger partial charge >= 0.3 is 0 Å². The van der Waals surface area contributed by atoms with Crippen LogP contribution in [0.4, 0.5) is 0 Å². The average molecular weight is 252 g/mol. The first kappa shape index (κ1) is 13.0. The first-order valence-electron chi connectivity index (χ1n) is 6.65. The summed E-state index contributed by atoms with van der Waals surface area (Å²) in [4.78, 5) is 4.53. The molecule has 1 aliphatic carbocycles. The van der Waals surface area contributed by atoms with E-state index in [1.165, 1.54) is 31.4 Å². The molecule has 1 aromatic rings. The Bertz CT molecular complexity index is 370. The lowest BCUT2D eigenvalue weighted by molar-refractivity contribution is 0.112. The molecule has 0 bridgehead atoms. The lowest BCUT2D eigenvalue weighted by Gasteiger charge is -2.42. The number of aromatic nitrogens is 1. The van der Waals surface area contributed by atoms with E-state index in [9.17, 15) is 0 Å². The maximum atomic E-state index is 6.43. The number of hydrogen-bond acceptors (Lipinski definition) is 3. The van der Waals surface area contributed by atoms with Gasteiger partial charge in [0.15, 0.2) is 0 Å². The van der Waals surface area contributed by atoms with E-state index in [0.717, 1.165) is 11.4 Å². The maximum absolute atomic E-state index is 6.43. The molecular weight excluding hydrogens is 228 g/mol. The summed E-state index contributed by atoms with van der Waals surface area (Å²) in [5.41, 5.74) is 8.02. The van der Waals surface area contributed by atoms with Crippen molar-refractivity contribution >= 4 is 11.3 Å². The second-order valence-electron chi connectivity index (χ2n) is 6.07. The van der Waals surface area contributed by atoms with Crippen LogP contribution in [-0.4, -0.2) is 11.0 Å². The van der Waals surface area contributed by atoms with Gasteiger partial charge in [-0.25, -0.2) is 4.98 Å². The van der Waals surface area contributed by atoms with Crippen molar-refractivity contribution in [3.8, 4) is 0 Å². The second-order valence-corrected chi connectivity index (χ2v) is 7.13. The number of aryl methyl sites for hydroxylation is 1. The molecular formula is C14H24N2S. The Labute approximate surface area is 109 Å². The van der Waals surface area contributed by atoms with Crippen LogP contribution in [0, 0.1) is 18.3 Å². The van der Waals surface area contributed by atoms with Crippen molar-refractivity contribution < 1.29 is 0 Å². The minimum absolute atomic E-state index is 0.270. The van der Waals surface area contributed by atoms with Crippen LogP contribution in [0.3, 0.4) is 0 Å². The molecule has 0 aliphatic heterocycles. The molecule has 3 heteroatoms. The molecule has 1 aliphatic rings. The molecule has 0 aromatic carbocycles. The highest BCUT2D eigenvalue weighted by atomic mass is 32.1. The predicted molar refractivity (Wildman–Crippen MR) is 74.3 cm³/mol. The highest BCUT2D eigenvalue weighted by molar-refractivity contribution is 7.09. The van der Waals surface area contributed by atoms with Gasteiger partial charge in [-0.2, -0.15) is 0 Å². The molecule has 2 unspecified atom stereocenters. The van der Waals surface area contributed by atoms with Gasteiger partial charge in [-0.15, -0.1) is 11.3 Å². The number of hydrogen-bond donors (Lipinski definition) is 1. The molecule has 2 N–H and O–H groups in total. The van der Waals surface area contributed by atoms with Crippen molar-refractivity contribution in [2.24, 2.45) is 17.1 Å². The van der Waals surface area contributed by atoms with Gasteiger partial charge in [0.25, 0.3) is 0 Å². The molecule has 1 heterocycles. The monoisotopic (exact) mass is 252 g/mol. The van der Waals surface area contributed by atoms with Crippen molar-refractivity contribution in [2.75, 3.05) is 0 Å². The third kappa shape index (κ3) is 3.08. The van der Waals surface area contributed by atoms with Gasteiger partial charge in [0.05, 0.1) is 10.7 Å². The molecule has 2 rings (SSSR count). The van der Waals surface area contributed by atoms with Gasteiger partial charge in [-0.05, 0) is 31.1 Å². The van der Waals surface area contributed by atoms with E-state index >= 15 is 0 Å². The topological polar surface area (TPSA) is 38.9 Å². The van der Waals surface area contributed by atoms with E-state index in [0.29, 0.717) is 11.3 Å². The summed E-state index contributed by atoms with van der Waals surface area (Å²) in [6.07, 6.45) is 6.26. The molecule has 17 heavy (non-hydrogen) atoms. The van der Waals surface area contributed by atoms with Crippen molar-refractivity contribution in [3.63, 3.8) is 0 Å². The van der Waals surface area contributed by atoms with E-state index < -0.39 is 0 Å². The summed E-state index contributed by atoms with van der Waals surface area (Å²) in [6, 6.07) is 0.270. The molecule has 96 valence electrons. The predicted octanol–water partition coefficient (Wildman–Crippen LogP) is 3.54. The largest absolute Gasteiger partial charge is 0.327 e. The lowest BCUT2D eigenvalue weighted by atomic mass is 9.65. The quantitative estimate of drug-likeness (QED) is 0.893. The van der Waals surface area contributed by atoms with Crippen molar-refractivity contribution in [1.82, 2.24) is 4.98 Å². The third-order valence-electron chi connectivity index (χ3n) is 4.22.